The number of hydrogen-bond acceptors (Lipinski definition) is 4. The Morgan fingerprint density at radius 2 is 2.00 bits per heavy atom. The fraction of sp³-hybridized carbons (Fsp3) is 0.438. The molecule has 0 radical (unpaired) electrons. The lowest BCUT2D eigenvalue weighted by molar-refractivity contribution is 0.0996. The van der Waals surface area contributed by atoms with Gasteiger partial charge in [0.1, 0.15) is 0 Å². The zero-order valence-electron chi connectivity index (χ0n) is 12.7. The molecule has 0 bridgehead atoms. The third-order valence-electron chi connectivity index (χ3n) is 3.77. The van der Waals surface area contributed by atoms with Crippen LogP contribution in [0.15, 0.2) is 12.1 Å². The number of anilines is 1. The molecule has 5 nitrogen and oxygen atoms in total. The molecule has 0 saturated heterocycles. The number of nitrogens with zero attached hydrogens (tertiary/aromatic N) is 2. The molecule has 0 aliphatic carbocycles. The van der Waals surface area contributed by atoms with Gasteiger partial charge in [0.05, 0.1) is 11.2 Å². The summed E-state index contributed by atoms with van der Waals surface area (Å²) in [6.07, 6.45) is 4.88. The van der Waals surface area contributed by atoms with Crippen LogP contribution in [0, 0.1) is 0 Å². The van der Waals surface area contributed by atoms with Gasteiger partial charge < -0.3 is 11.5 Å². The molecule has 2 rings (SSSR count). The van der Waals surface area contributed by atoms with Crippen molar-refractivity contribution in [2.75, 3.05) is 11.6 Å². The highest BCUT2D eigenvalue weighted by Crippen LogP contribution is 2.28. The monoisotopic (exact) mass is 320 g/mol. The van der Waals surface area contributed by atoms with Crippen molar-refractivity contribution in [2.45, 2.75) is 39.0 Å². The second-order valence-corrected chi connectivity index (χ2v) is 5.70. The number of aromatic nitrogens is 2. The van der Waals surface area contributed by atoms with Crippen LogP contribution in [0.5, 0.6) is 0 Å². The maximum absolute atomic E-state index is 11.4. The van der Waals surface area contributed by atoms with Crippen molar-refractivity contribution in [3.63, 3.8) is 0 Å². The summed E-state index contributed by atoms with van der Waals surface area (Å²) in [6, 6.07) is 3.94. The highest BCUT2D eigenvalue weighted by Gasteiger charge is 2.16. The molecule has 22 heavy (non-hydrogen) atoms. The number of carbonyl (C=O) groups excluding carboxylic acids is 1. The molecule has 1 aromatic carbocycles. The molecule has 1 aromatic heterocycles. The molecule has 1 heterocycles. The van der Waals surface area contributed by atoms with E-state index in [-0.39, 0.29) is 5.69 Å². The summed E-state index contributed by atoms with van der Waals surface area (Å²) >= 11 is 5.81. The number of amides is 1. The molecule has 0 fully saturated rings. The molecule has 1 amide bonds. The van der Waals surface area contributed by atoms with Gasteiger partial charge in [-0.1, -0.05) is 25.5 Å². The first kappa shape index (κ1) is 16.5. The maximum Gasteiger partial charge on any atom is 0.271 e. The Bertz CT molecular complexity index is 687. The fourth-order valence-electron chi connectivity index (χ4n) is 2.60. The Labute approximate surface area is 135 Å². The highest BCUT2D eigenvalue weighted by atomic mass is 35.5. The summed E-state index contributed by atoms with van der Waals surface area (Å²) in [7, 11) is 0. The van der Waals surface area contributed by atoms with Gasteiger partial charge in [0.2, 0.25) is 0 Å². The number of nitrogens with two attached hydrogens (primary N) is 2. The third-order valence-corrected chi connectivity index (χ3v) is 4.04. The van der Waals surface area contributed by atoms with Crippen molar-refractivity contribution in [1.82, 2.24) is 10.2 Å². The predicted molar refractivity (Wildman–Crippen MR) is 90.1 cm³/mol. The van der Waals surface area contributed by atoms with E-state index in [1.165, 1.54) is 5.56 Å². The molecule has 2 aromatic rings. The van der Waals surface area contributed by atoms with Crippen molar-refractivity contribution >= 4 is 34.1 Å². The molecule has 0 unspecified atom stereocenters. The first-order chi connectivity index (χ1) is 10.6. The summed E-state index contributed by atoms with van der Waals surface area (Å²) in [6.45, 7) is 2.15. The Kier molecular flexibility index (Phi) is 5.55. The zero-order valence-corrected chi connectivity index (χ0v) is 13.5. The summed E-state index contributed by atoms with van der Waals surface area (Å²) in [5.74, 6) is -0.0344. The topological polar surface area (TPSA) is 94.9 Å². The minimum atomic E-state index is -0.659. The lowest BCUT2D eigenvalue weighted by Gasteiger charge is -2.13. The summed E-state index contributed by atoms with van der Waals surface area (Å²) in [5.41, 5.74) is 14.8. The van der Waals surface area contributed by atoms with Gasteiger partial charge in [0.25, 0.3) is 5.91 Å². The van der Waals surface area contributed by atoms with E-state index >= 15 is 0 Å². The van der Waals surface area contributed by atoms with E-state index in [2.05, 4.69) is 17.1 Å². The van der Waals surface area contributed by atoms with E-state index in [0.29, 0.717) is 11.6 Å². The number of carbonyl (C=O) groups is 1. The van der Waals surface area contributed by atoms with Crippen LogP contribution in [0.25, 0.3) is 10.9 Å². The number of rotatable bonds is 7. The standard InChI is InChI=1S/C16H21ClN4O/c1-2-3-6-11-10(5-4-9-17)7-8-12-13(18)15(16(19)22)21-20-14(11)12/h7-8H,2-6,9H2,1H3,(H2,18,20)(H2,19,22). The number of fused-ring (bicyclic) bond motifs is 1. The summed E-state index contributed by atoms with van der Waals surface area (Å²) < 4.78 is 0. The number of benzene rings is 1. The smallest absolute Gasteiger partial charge is 0.271 e. The molecule has 4 N–H and O–H groups in total. The van der Waals surface area contributed by atoms with Crippen LogP contribution in [-0.4, -0.2) is 22.0 Å². The van der Waals surface area contributed by atoms with Gasteiger partial charge in [-0.2, -0.15) is 0 Å². The van der Waals surface area contributed by atoms with Crippen molar-refractivity contribution in [1.29, 1.82) is 0 Å². The SMILES string of the molecule is CCCCc1c(CCCCl)ccc2c(N)c(C(N)=O)nnc12. The van der Waals surface area contributed by atoms with Crippen molar-refractivity contribution in [3.05, 3.63) is 29.0 Å². The Morgan fingerprint density at radius 1 is 1.23 bits per heavy atom. The summed E-state index contributed by atoms with van der Waals surface area (Å²) in [4.78, 5) is 11.4. The molecular formula is C16H21ClN4O. The molecule has 0 saturated carbocycles. The van der Waals surface area contributed by atoms with Gasteiger partial charge in [-0.25, -0.2) is 0 Å². The van der Waals surface area contributed by atoms with Gasteiger partial charge >= 0.3 is 0 Å². The molecule has 0 aliphatic heterocycles. The highest BCUT2D eigenvalue weighted by molar-refractivity contribution is 6.17. The molecule has 0 atom stereocenters. The van der Waals surface area contributed by atoms with Crippen molar-refractivity contribution < 1.29 is 4.79 Å². The minimum Gasteiger partial charge on any atom is -0.396 e. The second kappa shape index (κ2) is 7.40. The lowest BCUT2D eigenvalue weighted by atomic mass is 9.95. The van der Waals surface area contributed by atoms with Crippen LogP contribution in [0.1, 0.15) is 47.8 Å². The van der Waals surface area contributed by atoms with Crippen LogP contribution in [0.3, 0.4) is 0 Å². The van der Waals surface area contributed by atoms with Crippen LogP contribution >= 0.6 is 11.6 Å². The fourth-order valence-corrected chi connectivity index (χ4v) is 2.73. The number of aryl methyl sites for hydroxylation is 2. The van der Waals surface area contributed by atoms with Crippen LogP contribution < -0.4 is 11.5 Å². The maximum atomic E-state index is 11.4. The quantitative estimate of drug-likeness (QED) is 0.767. The Balaban J connectivity index is 2.59. The lowest BCUT2D eigenvalue weighted by Crippen LogP contribution is -2.17. The first-order valence-corrected chi connectivity index (χ1v) is 8.06. The number of primary amides is 1. The van der Waals surface area contributed by atoms with Crippen LogP contribution in [-0.2, 0) is 12.8 Å². The van der Waals surface area contributed by atoms with Gasteiger partial charge in [-0.15, -0.1) is 21.8 Å². The minimum absolute atomic E-state index is 0.0300. The number of nitrogen functional groups attached to an aromatic ring is 1. The summed E-state index contributed by atoms with van der Waals surface area (Å²) in [5, 5.41) is 8.88. The van der Waals surface area contributed by atoms with Crippen molar-refractivity contribution in [3.8, 4) is 0 Å². The Morgan fingerprint density at radius 3 is 2.64 bits per heavy atom. The van der Waals surface area contributed by atoms with Gasteiger partial charge in [0.15, 0.2) is 5.69 Å². The third kappa shape index (κ3) is 3.30. The van der Waals surface area contributed by atoms with E-state index in [0.717, 1.165) is 48.6 Å². The first-order valence-electron chi connectivity index (χ1n) is 7.52. The molecule has 0 spiro atoms. The zero-order chi connectivity index (χ0) is 16.1. The van der Waals surface area contributed by atoms with Gasteiger partial charge in [-0.05, 0) is 36.8 Å². The Hall–Kier alpha value is -1.88. The van der Waals surface area contributed by atoms with E-state index in [1.807, 2.05) is 12.1 Å². The second-order valence-electron chi connectivity index (χ2n) is 5.32. The number of hydrogen-bond donors (Lipinski definition) is 2. The van der Waals surface area contributed by atoms with Gasteiger partial charge in [-0.3, -0.25) is 4.79 Å². The van der Waals surface area contributed by atoms with E-state index in [1.54, 1.807) is 0 Å². The van der Waals surface area contributed by atoms with E-state index in [4.69, 9.17) is 23.1 Å². The largest absolute Gasteiger partial charge is 0.396 e. The molecule has 0 aliphatic rings. The van der Waals surface area contributed by atoms with Crippen LogP contribution in [0.2, 0.25) is 0 Å². The van der Waals surface area contributed by atoms with E-state index < -0.39 is 5.91 Å². The molecule has 6 heteroatoms. The number of halogens is 1. The normalized spacial score (nSPS) is 11.0. The number of unbranched alkanes of at least 4 members (excludes halogenated alkanes) is 1. The molecular weight excluding hydrogens is 300 g/mol. The predicted octanol–water partition coefficient (Wildman–Crippen LogP) is 2.82. The van der Waals surface area contributed by atoms with Gasteiger partial charge in [0, 0.05) is 11.3 Å². The average Bonchev–Trinajstić information content (AvgIpc) is 2.51. The van der Waals surface area contributed by atoms with Crippen LogP contribution in [0.4, 0.5) is 5.69 Å². The number of alkyl halides is 1. The van der Waals surface area contributed by atoms with Crippen molar-refractivity contribution in [2.24, 2.45) is 5.73 Å². The molecule has 118 valence electrons. The van der Waals surface area contributed by atoms with E-state index in [9.17, 15) is 4.79 Å². The average molecular weight is 321 g/mol.